The fourth-order valence-electron chi connectivity index (χ4n) is 2.88. The van der Waals surface area contributed by atoms with Crippen LogP contribution in [0.25, 0.3) is 0 Å². The molecule has 7 nitrogen and oxygen atoms in total. The topological polar surface area (TPSA) is 95.9 Å². The number of carbonyl (C=O) groups excluding carboxylic acids is 2. The van der Waals surface area contributed by atoms with Crippen molar-refractivity contribution >= 4 is 23.5 Å². The number of ether oxygens (including phenoxy) is 1. The van der Waals surface area contributed by atoms with E-state index in [1.807, 2.05) is 0 Å². The van der Waals surface area contributed by atoms with Crippen LogP contribution in [0.5, 0.6) is 0 Å². The van der Waals surface area contributed by atoms with E-state index in [-0.39, 0.29) is 43.6 Å². The molecule has 0 radical (unpaired) electrons. The van der Waals surface area contributed by atoms with Crippen molar-refractivity contribution in [3.63, 3.8) is 0 Å². The summed E-state index contributed by atoms with van der Waals surface area (Å²) in [5, 5.41) is 11.6. The minimum atomic E-state index is -1.13. The summed E-state index contributed by atoms with van der Waals surface area (Å²) in [5.41, 5.74) is 0.817. The number of rotatable bonds is 2. The van der Waals surface area contributed by atoms with E-state index in [1.54, 1.807) is 0 Å². The Hall–Kier alpha value is -2.48. The van der Waals surface area contributed by atoms with Gasteiger partial charge in [-0.25, -0.2) is 9.18 Å². The molecule has 23 heavy (non-hydrogen) atoms. The molecule has 8 heteroatoms. The predicted octanol–water partition coefficient (Wildman–Crippen LogP) is 0.564. The second-order valence-corrected chi connectivity index (χ2v) is 5.52. The van der Waals surface area contributed by atoms with Crippen molar-refractivity contribution in [2.24, 2.45) is 0 Å². The zero-order chi connectivity index (χ0) is 16.6. The van der Waals surface area contributed by atoms with Crippen LogP contribution in [0, 0.1) is 5.82 Å². The number of carboxylic acid groups (broad SMARTS) is 1. The molecule has 2 N–H and O–H groups in total. The maximum absolute atomic E-state index is 13.3. The molecule has 1 aromatic rings. The third-order valence-corrected chi connectivity index (χ3v) is 4.01. The highest BCUT2D eigenvalue weighted by Gasteiger charge is 2.37. The van der Waals surface area contributed by atoms with Crippen LogP contribution in [0.3, 0.4) is 0 Å². The lowest BCUT2D eigenvalue weighted by molar-refractivity contribution is -0.160. The Morgan fingerprint density at radius 1 is 1.39 bits per heavy atom. The Morgan fingerprint density at radius 3 is 2.91 bits per heavy atom. The van der Waals surface area contributed by atoms with E-state index in [1.165, 1.54) is 23.1 Å². The number of halogens is 1. The lowest BCUT2D eigenvalue weighted by Gasteiger charge is -2.35. The number of aliphatic carboxylic acids is 1. The summed E-state index contributed by atoms with van der Waals surface area (Å²) in [5.74, 6) is -3.10. The molecule has 0 spiro atoms. The third kappa shape index (κ3) is 3.02. The van der Waals surface area contributed by atoms with E-state index in [2.05, 4.69) is 5.32 Å². The summed E-state index contributed by atoms with van der Waals surface area (Å²) in [6.45, 7) is 0.317. The average molecular weight is 322 g/mol. The van der Waals surface area contributed by atoms with Crippen molar-refractivity contribution in [2.45, 2.75) is 18.4 Å². The number of carbonyl (C=O) groups is 3. The first-order valence-corrected chi connectivity index (χ1v) is 7.18. The molecular weight excluding hydrogens is 307 g/mol. The molecule has 1 saturated heterocycles. The molecule has 0 aliphatic carbocycles. The quantitative estimate of drug-likeness (QED) is 0.829. The average Bonchev–Trinajstić information content (AvgIpc) is 2.53. The number of morpholine rings is 1. The fraction of sp³-hybridized carbons (Fsp3) is 0.400. The molecule has 1 aromatic carbocycles. The van der Waals surface area contributed by atoms with E-state index in [0.29, 0.717) is 5.56 Å². The monoisotopic (exact) mass is 322 g/mol. The predicted molar refractivity (Wildman–Crippen MR) is 76.3 cm³/mol. The van der Waals surface area contributed by atoms with Crippen LogP contribution in [0.4, 0.5) is 10.1 Å². The Morgan fingerprint density at radius 2 is 2.17 bits per heavy atom. The second-order valence-electron chi connectivity index (χ2n) is 5.52. The standard InChI is InChI=1S/C15H15FN2O5/c16-8-1-2-9-10(6-13(19)17-11(9)5-8)14(20)18-3-4-23-12(7-18)15(21)22/h1-2,5,10,12H,3-4,6-7H2,(H,17,19)(H,21,22)/t10-,12-/m1/s1. The van der Waals surface area contributed by atoms with Crippen molar-refractivity contribution in [3.8, 4) is 0 Å². The highest BCUT2D eigenvalue weighted by Crippen LogP contribution is 2.34. The minimum absolute atomic E-state index is 0.0490. The summed E-state index contributed by atoms with van der Waals surface area (Å²) < 4.78 is 18.4. The Bertz CT molecular complexity index is 678. The molecule has 2 aliphatic heterocycles. The number of carboxylic acids is 1. The first-order chi connectivity index (χ1) is 11.0. The molecule has 0 bridgehead atoms. The van der Waals surface area contributed by atoms with E-state index >= 15 is 0 Å². The summed E-state index contributed by atoms with van der Waals surface area (Å²) in [6, 6.07) is 3.88. The number of amides is 2. The SMILES string of the molecule is O=C1C[C@@H](C(=O)N2CCO[C@@H](C(=O)O)C2)c2ccc(F)cc2N1. The van der Waals surface area contributed by atoms with Crippen molar-refractivity contribution < 1.29 is 28.6 Å². The first-order valence-electron chi connectivity index (χ1n) is 7.18. The van der Waals surface area contributed by atoms with E-state index in [9.17, 15) is 18.8 Å². The normalized spacial score (nSPS) is 23.9. The van der Waals surface area contributed by atoms with E-state index in [4.69, 9.17) is 9.84 Å². The Balaban J connectivity index is 1.85. The van der Waals surface area contributed by atoms with Gasteiger partial charge in [-0.1, -0.05) is 6.07 Å². The van der Waals surface area contributed by atoms with Crippen LogP contribution >= 0.6 is 0 Å². The van der Waals surface area contributed by atoms with Gasteiger partial charge in [0, 0.05) is 18.7 Å². The molecule has 2 amide bonds. The molecule has 122 valence electrons. The molecule has 2 aliphatic rings. The van der Waals surface area contributed by atoms with Crippen molar-refractivity contribution in [2.75, 3.05) is 25.0 Å². The minimum Gasteiger partial charge on any atom is -0.479 e. The number of benzene rings is 1. The van der Waals surface area contributed by atoms with E-state index < -0.39 is 23.8 Å². The van der Waals surface area contributed by atoms with Crippen LogP contribution in [-0.2, 0) is 19.1 Å². The number of anilines is 1. The zero-order valence-electron chi connectivity index (χ0n) is 12.1. The first kappa shape index (κ1) is 15.4. The molecular formula is C15H15FN2O5. The van der Waals surface area contributed by atoms with Gasteiger partial charge in [-0.05, 0) is 17.7 Å². The van der Waals surface area contributed by atoms with Gasteiger partial charge in [0.05, 0.1) is 19.1 Å². The molecule has 2 atom stereocenters. The van der Waals surface area contributed by atoms with Crippen molar-refractivity contribution in [1.82, 2.24) is 4.90 Å². The van der Waals surface area contributed by atoms with Gasteiger partial charge in [0.1, 0.15) is 5.82 Å². The van der Waals surface area contributed by atoms with Gasteiger partial charge in [-0.15, -0.1) is 0 Å². The van der Waals surface area contributed by atoms with Crippen LogP contribution in [0.1, 0.15) is 17.9 Å². The van der Waals surface area contributed by atoms with Crippen molar-refractivity contribution in [1.29, 1.82) is 0 Å². The summed E-state index contributed by atoms with van der Waals surface area (Å²) >= 11 is 0. The number of hydrogen-bond acceptors (Lipinski definition) is 4. The third-order valence-electron chi connectivity index (χ3n) is 4.01. The maximum atomic E-state index is 13.3. The lowest BCUT2D eigenvalue weighted by Crippen LogP contribution is -2.50. The van der Waals surface area contributed by atoms with Gasteiger partial charge < -0.3 is 20.1 Å². The highest BCUT2D eigenvalue weighted by atomic mass is 19.1. The molecule has 3 rings (SSSR count). The van der Waals surface area contributed by atoms with E-state index in [0.717, 1.165) is 0 Å². The molecule has 0 unspecified atom stereocenters. The van der Waals surface area contributed by atoms with Crippen LogP contribution in [-0.4, -0.2) is 53.6 Å². The number of hydrogen-bond donors (Lipinski definition) is 2. The maximum Gasteiger partial charge on any atom is 0.334 e. The second kappa shape index (κ2) is 5.96. The lowest BCUT2D eigenvalue weighted by atomic mass is 9.89. The smallest absolute Gasteiger partial charge is 0.334 e. The summed E-state index contributed by atoms with van der Waals surface area (Å²) in [4.78, 5) is 36.9. The molecule has 0 saturated carbocycles. The number of fused-ring (bicyclic) bond motifs is 1. The van der Waals surface area contributed by atoms with Gasteiger partial charge in [-0.3, -0.25) is 9.59 Å². The summed E-state index contributed by atoms with van der Waals surface area (Å²) in [6.07, 6.45) is -1.12. The summed E-state index contributed by atoms with van der Waals surface area (Å²) in [7, 11) is 0. The Kier molecular flexibility index (Phi) is 3.99. The highest BCUT2D eigenvalue weighted by molar-refractivity contribution is 6.01. The van der Waals surface area contributed by atoms with Gasteiger partial charge in [0.2, 0.25) is 11.8 Å². The number of nitrogens with zero attached hydrogens (tertiary/aromatic N) is 1. The fourth-order valence-corrected chi connectivity index (χ4v) is 2.88. The molecule has 1 fully saturated rings. The van der Waals surface area contributed by atoms with Gasteiger partial charge in [0.15, 0.2) is 6.10 Å². The largest absolute Gasteiger partial charge is 0.479 e. The van der Waals surface area contributed by atoms with Gasteiger partial charge in [0.25, 0.3) is 0 Å². The van der Waals surface area contributed by atoms with Gasteiger partial charge >= 0.3 is 5.97 Å². The van der Waals surface area contributed by atoms with Crippen LogP contribution < -0.4 is 5.32 Å². The van der Waals surface area contributed by atoms with Crippen LogP contribution in [0.15, 0.2) is 18.2 Å². The van der Waals surface area contributed by atoms with Gasteiger partial charge in [-0.2, -0.15) is 0 Å². The van der Waals surface area contributed by atoms with Crippen molar-refractivity contribution in [3.05, 3.63) is 29.6 Å². The van der Waals surface area contributed by atoms with Crippen LogP contribution in [0.2, 0.25) is 0 Å². The molecule has 2 heterocycles. The number of nitrogens with one attached hydrogen (secondary N) is 1. The molecule has 0 aromatic heterocycles. The zero-order valence-corrected chi connectivity index (χ0v) is 12.1. The Labute approximate surface area is 131 Å².